The van der Waals surface area contributed by atoms with Crippen LogP contribution in [0.5, 0.6) is 0 Å². The van der Waals surface area contributed by atoms with Crippen LogP contribution in [0.25, 0.3) is 11.1 Å². The van der Waals surface area contributed by atoms with Gasteiger partial charge < -0.3 is 14.7 Å². The minimum Gasteiger partial charge on any atom is -0.442 e. The van der Waals surface area contributed by atoms with E-state index in [-0.39, 0.29) is 28.6 Å². The van der Waals surface area contributed by atoms with Crippen molar-refractivity contribution < 1.29 is 18.0 Å². The molecule has 152 valence electrons. The van der Waals surface area contributed by atoms with Gasteiger partial charge in [-0.3, -0.25) is 14.5 Å². The number of aryl methyl sites for hydroxylation is 1. The van der Waals surface area contributed by atoms with Crippen molar-refractivity contribution >= 4 is 17.0 Å². The number of H-pyrrole nitrogens is 1. The third kappa shape index (κ3) is 3.91. The Bertz CT molecular complexity index is 1120. The van der Waals surface area contributed by atoms with Crippen LogP contribution in [-0.2, 0) is 6.54 Å². The summed E-state index contributed by atoms with van der Waals surface area (Å²) in [6.45, 7) is 3.55. The Morgan fingerprint density at radius 3 is 2.79 bits per heavy atom. The van der Waals surface area contributed by atoms with Gasteiger partial charge in [-0.1, -0.05) is 6.07 Å². The number of halogens is 2. The molecule has 0 saturated carbocycles. The number of likely N-dealkylation sites (tertiary alicyclic amines) is 1. The Morgan fingerprint density at radius 1 is 1.31 bits per heavy atom. The fraction of sp³-hybridized carbons (Fsp3) is 0.350. The summed E-state index contributed by atoms with van der Waals surface area (Å²) < 4.78 is 31.9. The van der Waals surface area contributed by atoms with E-state index in [1.165, 1.54) is 12.4 Å². The Labute approximate surface area is 164 Å². The van der Waals surface area contributed by atoms with E-state index in [4.69, 9.17) is 4.42 Å². The summed E-state index contributed by atoms with van der Waals surface area (Å²) in [5, 5.41) is 3.12. The van der Waals surface area contributed by atoms with Crippen molar-refractivity contribution in [3.05, 3.63) is 63.4 Å². The number of carbonyl (C=O) groups is 1. The first-order valence-corrected chi connectivity index (χ1v) is 9.36. The van der Waals surface area contributed by atoms with E-state index in [0.29, 0.717) is 43.8 Å². The summed E-state index contributed by atoms with van der Waals surface area (Å²) in [6.07, 6.45) is 2.65. The van der Waals surface area contributed by atoms with Crippen molar-refractivity contribution in [3.8, 4) is 0 Å². The quantitative estimate of drug-likeness (QED) is 0.700. The molecule has 1 fully saturated rings. The zero-order valence-corrected chi connectivity index (χ0v) is 15.8. The number of rotatable bonds is 4. The van der Waals surface area contributed by atoms with E-state index in [1.54, 1.807) is 13.0 Å². The van der Waals surface area contributed by atoms with E-state index < -0.39 is 17.2 Å². The van der Waals surface area contributed by atoms with Crippen LogP contribution < -0.4 is 10.9 Å². The minimum absolute atomic E-state index is 0.0520. The van der Waals surface area contributed by atoms with Crippen LogP contribution >= 0.6 is 0 Å². The molecule has 4 rings (SSSR count). The second-order valence-corrected chi connectivity index (χ2v) is 7.22. The third-order valence-electron chi connectivity index (χ3n) is 5.21. The van der Waals surface area contributed by atoms with Crippen molar-refractivity contribution in [3.63, 3.8) is 0 Å². The number of hydrogen-bond donors (Lipinski definition) is 2. The molecule has 1 aliphatic heterocycles. The largest absolute Gasteiger partial charge is 0.442 e. The van der Waals surface area contributed by atoms with Crippen LogP contribution in [0, 0.1) is 18.6 Å². The topological polar surface area (TPSA) is 91.2 Å². The van der Waals surface area contributed by atoms with Crippen molar-refractivity contribution in [1.29, 1.82) is 0 Å². The van der Waals surface area contributed by atoms with Crippen LogP contribution in [0.4, 0.5) is 8.78 Å². The molecule has 0 aliphatic carbocycles. The van der Waals surface area contributed by atoms with Gasteiger partial charge in [0.25, 0.3) is 11.5 Å². The summed E-state index contributed by atoms with van der Waals surface area (Å²) in [5.74, 6) is -1.72. The van der Waals surface area contributed by atoms with E-state index in [1.807, 2.05) is 0 Å². The number of benzene rings is 1. The average molecular weight is 402 g/mol. The van der Waals surface area contributed by atoms with Crippen LogP contribution in [0.15, 0.2) is 33.7 Å². The Morgan fingerprint density at radius 2 is 2.07 bits per heavy atom. The number of carbonyl (C=O) groups excluding carboxylic acids is 1. The number of piperidine rings is 1. The molecule has 29 heavy (non-hydrogen) atoms. The summed E-state index contributed by atoms with van der Waals surface area (Å²) >= 11 is 0. The van der Waals surface area contributed by atoms with Gasteiger partial charge in [0, 0.05) is 25.7 Å². The predicted octanol–water partition coefficient (Wildman–Crippen LogP) is 2.50. The lowest BCUT2D eigenvalue weighted by Crippen LogP contribution is -2.44. The van der Waals surface area contributed by atoms with E-state index in [2.05, 4.69) is 20.2 Å². The van der Waals surface area contributed by atoms with Gasteiger partial charge in [-0.05, 0) is 37.5 Å². The number of nitrogens with one attached hydrogen (secondary N) is 2. The number of nitrogens with zero attached hydrogens (tertiary/aromatic N) is 2. The highest BCUT2D eigenvalue weighted by atomic mass is 19.2. The smallest absolute Gasteiger partial charge is 0.262 e. The number of aromatic amines is 1. The van der Waals surface area contributed by atoms with E-state index >= 15 is 0 Å². The fourth-order valence-electron chi connectivity index (χ4n) is 3.72. The first-order chi connectivity index (χ1) is 13.9. The molecule has 1 amide bonds. The molecule has 0 radical (unpaired) electrons. The third-order valence-corrected chi connectivity index (χ3v) is 5.21. The van der Waals surface area contributed by atoms with Gasteiger partial charge >= 0.3 is 0 Å². The molecular formula is C20H20F2N4O3. The summed E-state index contributed by atoms with van der Waals surface area (Å²) in [4.78, 5) is 33.4. The second kappa shape index (κ2) is 7.75. The number of hydrogen-bond acceptors (Lipinski definition) is 5. The maximum absolute atomic E-state index is 13.4. The number of aromatic nitrogens is 2. The highest BCUT2D eigenvalue weighted by Crippen LogP contribution is 2.21. The Hall–Kier alpha value is -3.07. The van der Waals surface area contributed by atoms with Crippen molar-refractivity contribution in [2.24, 2.45) is 0 Å². The summed E-state index contributed by atoms with van der Waals surface area (Å²) in [6, 6.07) is 3.86. The first-order valence-electron chi connectivity index (χ1n) is 9.36. The lowest BCUT2D eigenvalue weighted by Gasteiger charge is -2.32. The molecular weight excluding hydrogens is 382 g/mol. The highest BCUT2D eigenvalue weighted by Gasteiger charge is 2.26. The highest BCUT2D eigenvalue weighted by molar-refractivity contribution is 6.06. The minimum atomic E-state index is -0.855. The number of fused-ring (bicyclic) bond motifs is 1. The molecule has 9 heteroatoms. The van der Waals surface area contributed by atoms with Crippen molar-refractivity contribution in [2.45, 2.75) is 32.4 Å². The molecule has 1 aromatic carbocycles. The predicted molar refractivity (Wildman–Crippen MR) is 101 cm³/mol. The normalized spacial score (nSPS) is 15.7. The number of amides is 1. The standard InChI is InChI=1S/C20H20F2N4O3/c1-11-16(17-18(27)23-10-24-20(17)29-11)19(28)25-13-4-6-26(7-5-13)9-12-2-3-14(21)15(22)8-12/h2-3,8,10,13H,4-7,9H2,1H3,(H,25,28)(H,23,24,27). The molecule has 0 unspecified atom stereocenters. The molecule has 3 heterocycles. The van der Waals surface area contributed by atoms with Crippen LogP contribution in [0.3, 0.4) is 0 Å². The second-order valence-electron chi connectivity index (χ2n) is 7.22. The lowest BCUT2D eigenvalue weighted by atomic mass is 10.0. The van der Waals surface area contributed by atoms with Gasteiger partial charge in [-0.25, -0.2) is 13.8 Å². The SMILES string of the molecule is Cc1oc2nc[nH]c(=O)c2c1C(=O)NC1CCN(Cc2ccc(F)c(F)c2)CC1. The fourth-order valence-corrected chi connectivity index (χ4v) is 3.72. The molecule has 2 N–H and O–H groups in total. The molecule has 7 nitrogen and oxygen atoms in total. The van der Waals surface area contributed by atoms with Gasteiger partial charge in [0.1, 0.15) is 11.1 Å². The first kappa shape index (κ1) is 19.3. The molecule has 0 atom stereocenters. The maximum Gasteiger partial charge on any atom is 0.262 e. The molecule has 0 spiro atoms. The van der Waals surface area contributed by atoms with Gasteiger partial charge in [0.05, 0.1) is 11.9 Å². The molecule has 2 aromatic heterocycles. The Kier molecular flexibility index (Phi) is 5.14. The lowest BCUT2D eigenvalue weighted by molar-refractivity contribution is 0.0908. The van der Waals surface area contributed by atoms with Gasteiger partial charge in [0.2, 0.25) is 5.71 Å². The maximum atomic E-state index is 13.4. The molecule has 3 aromatic rings. The summed E-state index contributed by atoms with van der Waals surface area (Å²) in [7, 11) is 0. The molecule has 1 aliphatic rings. The molecule has 1 saturated heterocycles. The van der Waals surface area contributed by atoms with Crippen LogP contribution in [0.1, 0.15) is 34.5 Å². The van der Waals surface area contributed by atoms with E-state index in [9.17, 15) is 18.4 Å². The monoisotopic (exact) mass is 402 g/mol. The van der Waals surface area contributed by atoms with Crippen LogP contribution in [0.2, 0.25) is 0 Å². The van der Waals surface area contributed by atoms with Crippen molar-refractivity contribution in [1.82, 2.24) is 20.2 Å². The van der Waals surface area contributed by atoms with Gasteiger partial charge in [-0.15, -0.1) is 0 Å². The number of furan rings is 1. The van der Waals surface area contributed by atoms with E-state index in [0.717, 1.165) is 6.07 Å². The van der Waals surface area contributed by atoms with Crippen LogP contribution in [-0.4, -0.2) is 39.9 Å². The average Bonchev–Trinajstić information content (AvgIpc) is 3.03. The van der Waals surface area contributed by atoms with Crippen molar-refractivity contribution in [2.75, 3.05) is 13.1 Å². The summed E-state index contributed by atoms with van der Waals surface area (Å²) in [5.41, 5.74) is 0.633. The Balaban J connectivity index is 1.39. The van der Waals surface area contributed by atoms with Gasteiger partial charge in [-0.2, -0.15) is 0 Å². The molecule has 0 bridgehead atoms. The zero-order valence-electron chi connectivity index (χ0n) is 15.8. The zero-order chi connectivity index (χ0) is 20.5. The van der Waals surface area contributed by atoms with Gasteiger partial charge in [0.15, 0.2) is 11.6 Å².